The number of nitrogens with one attached hydrogen (secondary N) is 2. The van der Waals surface area contributed by atoms with Gasteiger partial charge in [0.15, 0.2) is 13.2 Å². The van der Waals surface area contributed by atoms with Crippen molar-refractivity contribution in [2.24, 2.45) is 0 Å². The molecule has 2 aliphatic rings. The van der Waals surface area contributed by atoms with E-state index in [1.165, 1.54) is 0 Å². The van der Waals surface area contributed by atoms with Crippen molar-refractivity contribution in [3.63, 3.8) is 0 Å². The van der Waals surface area contributed by atoms with E-state index in [9.17, 15) is 19.2 Å². The van der Waals surface area contributed by atoms with Crippen LogP contribution in [0.5, 0.6) is 11.5 Å². The van der Waals surface area contributed by atoms with E-state index in [1.807, 2.05) is 97.1 Å². The average Bonchev–Trinajstić information content (AvgIpc) is 3.86. The van der Waals surface area contributed by atoms with Crippen molar-refractivity contribution in [2.45, 2.75) is 37.8 Å². The van der Waals surface area contributed by atoms with Crippen LogP contribution in [0, 0.1) is 0 Å². The highest BCUT2D eigenvalue weighted by Gasteiger charge is 2.35. The molecule has 2 aliphatic heterocycles. The predicted molar refractivity (Wildman–Crippen MR) is 192 cm³/mol. The number of amides is 4. The SMILES string of the molecule is O=C(Nc1ccc(C=Cc2ccc(NC(=O)[C@@H]3CCCN3C(=O)COc3ccccc3)cc2)cc1)[C@@H]1CCCN1C(=O)COc1ccccc1. The standard InChI is InChI=1S/C40H40N4O6/c45-37(27-49-33-9-3-1-4-10-33)43-25-7-13-35(43)39(47)41-31-21-17-29(18-22-31)15-16-30-19-23-32(24-20-30)42-40(48)36-14-8-26-44(36)38(46)28-50-34-11-5-2-6-12-34/h1-6,9-12,15-24,35-36H,7-8,13-14,25-28H2,(H,41,47)(H,42,48)/t35-,36-/m0/s1. The molecule has 0 aromatic heterocycles. The van der Waals surface area contributed by atoms with Gasteiger partial charge in [-0.05, 0) is 85.3 Å². The van der Waals surface area contributed by atoms with Crippen molar-refractivity contribution in [1.29, 1.82) is 0 Å². The van der Waals surface area contributed by atoms with Gasteiger partial charge in [-0.25, -0.2) is 0 Å². The fourth-order valence-corrected chi connectivity index (χ4v) is 6.16. The van der Waals surface area contributed by atoms with Crippen LogP contribution >= 0.6 is 0 Å². The Kier molecular flexibility index (Phi) is 11.2. The van der Waals surface area contributed by atoms with Gasteiger partial charge in [-0.3, -0.25) is 19.2 Å². The first kappa shape index (κ1) is 34.0. The Morgan fingerprint density at radius 2 is 0.940 bits per heavy atom. The second-order valence-electron chi connectivity index (χ2n) is 12.2. The van der Waals surface area contributed by atoms with Crippen LogP contribution in [0.1, 0.15) is 36.8 Å². The van der Waals surface area contributed by atoms with E-state index in [4.69, 9.17) is 9.47 Å². The molecule has 50 heavy (non-hydrogen) atoms. The van der Waals surface area contributed by atoms with Crippen LogP contribution in [0.15, 0.2) is 109 Å². The van der Waals surface area contributed by atoms with Crippen molar-refractivity contribution in [3.8, 4) is 11.5 Å². The Morgan fingerprint density at radius 1 is 0.560 bits per heavy atom. The monoisotopic (exact) mass is 672 g/mol. The molecule has 2 saturated heterocycles. The number of likely N-dealkylation sites (tertiary alicyclic amines) is 2. The highest BCUT2D eigenvalue weighted by Crippen LogP contribution is 2.23. The number of carbonyl (C=O) groups excluding carboxylic acids is 4. The molecule has 2 fully saturated rings. The van der Waals surface area contributed by atoms with Gasteiger partial charge in [-0.1, -0.05) is 72.8 Å². The topological polar surface area (TPSA) is 117 Å². The van der Waals surface area contributed by atoms with Gasteiger partial charge < -0.3 is 29.9 Å². The fraction of sp³-hybridized carbons (Fsp3) is 0.250. The fourth-order valence-electron chi connectivity index (χ4n) is 6.16. The van der Waals surface area contributed by atoms with Crippen molar-refractivity contribution in [3.05, 3.63) is 120 Å². The molecule has 0 aliphatic carbocycles. The lowest BCUT2D eigenvalue weighted by Gasteiger charge is -2.24. The normalized spacial score (nSPS) is 17.0. The third-order valence-corrected chi connectivity index (χ3v) is 8.79. The van der Waals surface area contributed by atoms with E-state index < -0.39 is 12.1 Å². The molecule has 4 aromatic rings. The Bertz CT molecular complexity index is 1660. The van der Waals surface area contributed by atoms with Crippen LogP contribution in [-0.2, 0) is 19.2 Å². The number of anilines is 2. The van der Waals surface area contributed by atoms with Gasteiger partial charge in [0.2, 0.25) is 11.8 Å². The summed E-state index contributed by atoms with van der Waals surface area (Å²) in [5.41, 5.74) is 3.19. The van der Waals surface area contributed by atoms with Gasteiger partial charge in [0.05, 0.1) is 0 Å². The van der Waals surface area contributed by atoms with E-state index in [1.54, 1.807) is 34.1 Å². The summed E-state index contributed by atoms with van der Waals surface area (Å²) in [5, 5.41) is 5.89. The van der Waals surface area contributed by atoms with Gasteiger partial charge >= 0.3 is 0 Å². The maximum Gasteiger partial charge on any atom is 0.261 e. The summed E-state index contributed by atoms with van der Waals surface area (Å²) in [6.45, 7) is 0.828. The number of benzene rings is 4. The molecular formula is C40H40N4O6. The number of hydrogen-bond donors (Lipinski definition) is 2. The first-order chi connectivity index (χ1) is 24.4. The average molecular weight is 673 g/mol. The molecular weight excluding hydrogens is 632 g/mol. The molecule has 6 rings (SSSR count). The number of carbonyl (C=O) groups is 4. The van der Waals surface area contributed by atoms with Crippen LogP contribution in [0.25, 0.3) is 12.2 Å². The van der Waals surface area contributed by atoms with Gasteiger partial charge in [-0.15, -0.1) is 0 Å². The zero-order valence-electron chi connectivity index (χ0n) is 27.7. The van der Waals surface area contributed by atoms with Gasteiger partial charge in [0, 0.05) is 24.5 Å². The van der Waals surface area contributed by atoms with Gasteiger partial charge in [0.1, 0.15) is 23.6 Å². The summed E-state index contributed by atoms with van der Waals surface area (Å²) in [6, 6.07) is 32.2. The Balaban J connectivity index is 0.961. The lowest BCUT2D eigenvalue weighted by Crippen LogP contribution is -2.45. The Hall–Kier alpha value is -5.90. The molecule has 10 heteroatoms. The molecule has 2 N–H and O–H groups in total. The smallest absolute Gasteiger partial charge is 0.261 e. The first-order valence-electron chi connectivity index (χ1n) is 16.9. The zero-order valence-corrected chi connectivity index (χ0v) is 27.7. The summed E-state index contributed by atoms with van der Waals surface area (Å²) in [4.78, 5) is 55.0. The van der Waals surface area contributed by atoms with Crippen LogP contribution in [0.3, 0.4) is 0 Å². The van der Waals surface area contributed by atoms with E-state index in [-0.39, 0.29) is 36.8 Å². The minimum atomic E-state index is -0.534. The lowest BCUT2D eigenvalue weighted by atomic mass is 10.1. The molecule has 256 valence electrons. The number of ether oxygens (including phenoxy) is 2. The minimum absolute atomic E-state index is 0.111. The summed E-state index contributed by atoms with van der Waals surface area (Å²) >= 11 is 0. The number of hydrogen-bond acceptors (Lipinski definition) is 6. The highest BCUT2D eigenvalue weighted by molar-refractivity contribution is 5.98. The van der Waals surface area contributed by atoms with Crippen molar-refractivity contribution in [1.82, 2.24) is 9.80 Å². The molecule has 4 amide bonds. The lowest BCUT2D eigenvalue weighted by molar-refractivity contribution is -0.138. The van der Waals surface area contributed by atoms with Gasteiger partial charge in [-0.2, -0.15) is 0 Å². The van der Waals surface area contributed by atoms with E-state index in [0.29, 0.717) is 48.8 Å². The summed E-state index contributed by atoms with van der Waals surface area (Å²) in [7, 11) is 0. The molecule has 10 nitrogen and oxygen atoms in total. The van der Waals surface area contributed by atoms with E-state index >= 15 is 0 Å². The molecule has 2 atom stereocenters. The van der Waals surface area contributed by atoms with Crippen molar-refractivity contribution >= 4 is 47.2 Å². The molecule has 0 saturated carbocycles. The van der Waals surface area contributed by atoms with E-state index in [2.05, 4.69) is 10.6 Å². The summed E-state index contributed by atoms with van der Waals surface area (Å²) in [6.07, 6.45) is 6.66. The first-order valence-corrected chi connectivity index (χ1v) is 16.9. The van der Waals surface area contributed by atoms with Gasteiger partial charge in [0.25, 0.3) is 11.8 Å². The maximum atomic E-state index is 13.1. The van der Waals surface area contributed by atoms with E-state index in [0.717, 1.165) is 24.0 Å². The second-order valence-corrected chi connectivity index (χ2v) is 12.2. The molecule has 0 spiro atoms. The third kappa shape index (κ3) is 8.96. The number of rotatable bonds is 12. The maximum absolute atomic E-state index is 13.1. The Labute approximate surface area is 291 Å². The van der Waals surface area contributed by atoms with Crippen LogP contribution in [-0.4, -0.2) is 71.8 Å². The van der Waals surface area contributed by atoms with Crippen LogP contribution < -0.4 is 20.1 Å². The largest absolute Gasteiger partial charge is 0.484 e. The molecule has 4 aromatic carbocycles. The quantitative estimate of drug-likeness (QED) is 0.182. The summed E-state index contributed by atoms with van der Waals surface area (Å²) in [5.74, 6) is 0.388. The van der Waals surface area contributed by atoms with Crippen LogP contribution in [0.4, 0.5) is 11.4 Å². The zero-order chi connectivity index (χ0) is 34.7. The number of nitrogens with zero attached hydrogens (tertiary/aromatic N) is 2. The Morgan fingerprint density at radius 3 is 1.32 bits per heavy atom. The molecule has 2 heterocycles. The third-order valence-electron chi connectivity index (χ3n) is 8.79. The predicted octanol–water partition coefficient (Wildman–Crippen LogP) is 5.87. The summed E-state index contributed by atoms with van der Waals surface area (Å²) < 4.78 is 11.2. The minimum Gasteiger partial charge on any atom is -0.484 e. The number of para-hydroxylation sites is 2. The molecule has 0 unspecified atom stereocenters. The molecule has 0 radical (unpaired) electrons. The second kappa shape index (κ2) is 16.5. The van der Waals surface area contributed by atoms with Crippen molar-refractivity contribution < 1.29 is 28.7 Å². The van der Waals surface area contributed by atoms with Crippen molar-refractivity contribution in [2.75, 3.05) is 36.9 Å². The molecule has 0 bridgehead atoms. The van der Waals surface area contributed by atoms with Crippen LogP contribution in [0.2, 0.25) is 0 Å². The highest BCUT2D eigenvalue weighted by atomic mass is 16.5.